The first-order chi connectivity index (χ1) is 10.1. The Bertz CT molecular complexity index is 835. The summed E-state index contributed by atoms with van der Waals surface area (Å²) >= 11 is 0. The number of para-hydroxylation sites is 2. The summed E-state index contributed by atoms with van der Waals surface area (Å²) < 4.78 is 3.72. The number of aromatic nitrogens is 2. The van der Waals surface area contributed by atoms with Crippen LogP contribution < -0.4 is 5.69 Å². The van der Waals surface area contributed by atoms with Gasteiger partial charge in [-0.05, 0) is 49.6 Å². The number of hydrogen-bond acceptors (Lipinski definition) is 1. The lowest BCUT2D eigenvalue weighted by Crippen LogP contribution is -2.24. The highest BCUT2D eigenvalue weighted by molar-refractivity contribution is 5.76. The Morgan fingerprint density at radius 2 is 1.43 bits per heavy atom. The molecule has 0 fully saturated rings. The van der Waals surface area contributed by atoms with E-state index in [0.717, 1.165) is 11.0 Å². The molecule has 3 aromatic rings. The summed E-state index contributed by atoms with van der Waals surface area (Å²) in [6.07, 6.45) is 0. The van der Waals surface area contributed by atoms with Crippen molar-refractivity contribution in [1.29, 1.82) is 0 Å². The van der Waals surface area contributed by atoms with Gasteiger partial charge < -0.3 is 0 Å². The third-order valence-corrected chi connectivity index (χ3v) is 4.20. The molecular weight excluding hydrogens is 260 g/mol. The van der Waals surface area contributed by atoms with Crippen LogP contribution in [0, 0.1) is 13.8 Å². The van der Waals surface area contributed by atoms with Crippen molar-refractivity contribution in [2.24, 2.45) is 0 Å². The monoisotopic (exact) mass is 280 g/mol. The molecule has 1 heterocycles. The highest BCUT2D eigenvalue weighted by atomic mass is 16.1. The van der Waals surface area contributed by atoms with Crippen molar-refractivity contribution in [3.63, 3.8) is 0 Å². The van der Waals surface area contributed by atoms with Gasteiger partial charge >= 0.3 is 5.69 Å². The average Bonchev–Trinajstić information content (AvgIpc) is 2.75. The van der Waals surface area contributed by atoms with Gasteiger partial charge in [-0.1, -0.05) is 30.3 Å². The largest absolute Gasteiger partial charge is 0.329 e. The van der Waals surface area contributed by atoms with Crippen LogP contribution in [0.2, 0.25) is 0 Å². The second kappa shape index (κ2) is 5.24. The van der Waals surface area contributed by atoms with Crippen LogP contribution in [-0.4, -0.2) is 9.13 Å². The second-order valence-corrected chi connectivity index (χ2v) is 5.47. The maximum Gasteiger partial charge on any atom is 0.329 e. The first-order valence-electron chi connectivity index (χ1n) is 7.36. The fourth-order valence-electron chi connectivity index (χ4n) is 2.99. The third kappa shape index (κ3) is 2.19. The Morgan fingerprint density at radius 3 is 2.00 bits per heavy atom. The summed E-state index contributed by atoms with van der Waals surface area (Å²) in [6, 6.07) is 14.3. The van der Waals surface area contributed by atoms with Gasteiger partial charge in [0.2, 0.25) is 0 Å². The van der Waals surface area contributed by atoms with E-state index >= 15 is 0 Å². The number of aryl methyl sites for hydroxylation is 3. The number of fused-ring (bicyclic) bond motifs is 1. The zero-order valence-corrected chi connectivity index (χ0v) is 12.8. The van der Waals surface area contributed by atoms with E-state index in [9.17, 15) is 4.79 Å². The maximum atomic E-state index is 12.7. The van der Waals surface area contributed by atoms with Gasteiger partial charge in [0.25, 0.3) is 0 Å². The van der Waals surface area contributed by atoms with Crippen molar-refractivity contribution in [1.82, 2.24) is 9.13 Å². The number of nitrogens with zero attached hydrogens (tertiary/aromatic N) is 2. The van der Waals surface area contributed by atoms with E-state index in [4.69, 9.17) is 0 Å². The highest BCUT2D eigenvalue weighted by Crippen LogP contribution is 2.18. The normalized spacial score (nSPS) is 11.2. The van der Waals surface area contributed by atoms with E-state index in [0.29, 0.717) is 13.1 Å². The molecule has 108 valence electrons. The second-order valence-electron chi connectivity index (χ2n) is 5.47. The van der Waals surface area contributed by atoms with Crippen molar-refractivity contribution in [3.8, 4) is 0 Å². The topological polar surface area (TPSA) is 26.9 Å². The highest BCUT2D eigenvalue weighted by Gasteiger charge is 2.13. The van der Waals surface area contributed by atoms with Gasteiger partial charge in [0, 0.05) is 6.54 Å². The number of imidazole rings is 1. The maximum absolute atomic E-state index is 12.7. The molecule has 0 unspecified atom stereocenters. The molecule has 1 aromatic heterocycles. The minimum Gasteiger partial charge on any atom is -0.292 e. The number of rotatable bonds is 3. The van der Waals surface area contributed by atoms with E-state index in [2.05, 4.69) is 32.0 Å². The molecule has 3 heteroatoms. The standard InChI is InChI=1S/C18H20N2O/c1-4-19-16-10-5-6-11-17(16)20(18(19)21)12-15-13(2)8-7-9-14(15)3/h5-11H,4,12H2,1-3H3. The first-order valence-corrected chi connectivity index (χ1v) is 7.36. The molecule has 0 N–H and O–H groups in total. The molecule has 0 saturated carbocycles. The van der Waals surface area contributed by atoms with Gasteiger partial charge in [-0.3, -0.25) is 9.13 Å². The lowest BCUT2D eigenvalue weighted by Gasteiger charge is -2.10. The van der Waals surface area contributed by atoms with Crippen molar-refractivity contribution in [2.45, 2.75) is 33.9 Å². The van der Waals surface area contributed by atoms with Crippen LogP contribution in [-0.2, 0) is 13.1 Å². The molecule has 0 amide bonds. The van der Waals surface area contributed by atoms with Crippen LogP contribution in [0.3, 0.4) is 0 Å². The Kier molecular flexibility index (Phi) is 3.42. The molecule has 0 spiro atoms. The number of hydrogen-bond donors (Lipinski definition) is 0. The summed E-state index contributed by atoms with van der Waals surface area (Å²) in [5, 5.41) is 0. The summed E-state index contributed by atoms with van der Waals surface area (Å²) in [7, 11) is 0. The molecule has 2 aromatic carbocycles. The van der Waals surface area contributed by atoms with Crippen molar-refractivity contribution >= 4 is 11.0 Å². The summed E-state index contributed by atoms with van der Waals surface area (Å²) in [5.74, 6) is 0. The predicted octanol–water partition coefficient (Wildman–Crippen LogP) is 3.49. The van der Waals surface area contributed by atoms with Crippen LogP contribution in [0.1, 0.15) is 23.6 Å². The Balaban J connectivity index is 2.22. The molecule has 0 aliphatic heterocycles. The molecule has 0 bridgehead atoms. The fourth-order valence-corrected chi connectivity index (χ4v) is 2.99. The first kappa shape index (κ1) is 13.7. The summed E-state index contributed by atoms with van der Waals surface area (Å²) in [4.78, 5) is 12.7. The lowest BCUT2D eigenvalue weighted by atomic mass is 10.0. The van der Waals surface area contributed by atoms with Gasteiger partial charge in [-0.25, -0.2) is 4.79 Å². The van der Waals surface area contributed by atoms with Crippen molar-refractivity contribution in [2.75, 3.05) is 0 Å². The lowest BCUT2D eigenvalue weighted by molar-refractivity contribution is 0.681. The van der Waals surface area contributed by atoms with Gasteiger partial charge in [0.1, 0.15) is 0 Å². The smallest absolute Gasteiger partial charge is 0.292 e. The van der Waals surface area contributed by atoms with Crippen LogP contribution in [0.15, 0.2) is 47.3 Å². The average molecular weight is 280 g/mol. The van der Waals surface area contributed by atoms with Crippen LogP contribution in [0.25, 0.3) is 11.0 Å². The van der Waals surface area contributed by atoms with Crippen LogP contribution >= 0.6 is 0 Å². The number of benzene rings is 2. The van der Waals surface area contributed by atoms with Gasteiger partial charge in [-0.15, -0.1) is 0 Å². The molecular formula is C18H20N2O. The molecule has 0 radical (unpaired) electrons. The minimum absolute atomic E-state index is 0.0707. The summed E-state index contributed by atoms with van der Waals surface area (Å²) in [5.41, 5.74) is 5.79. The zero-order chi connectivity index (χ0) is 15.0. The van der Waals surface area contributed by atoms with Gasteiger partial charge in [-0.2, -0.15) is 0 Å². The SMILES string of the molecule is CCn1c(=O)n(Cc2c(C)cccc2C)c2ccccc21. The van der Waals surface area contributed by atoms with Gasteiger partial charge in [0.05, 0.1) is 17.6 Å². The Morgan fingerprint density at radius 1 is 0.857 bits per heavy atom. The van der Waals surface area contributed by atoms with Crippen LogP contribution in [0.5, 0.6) is 0 Å². The van der Waals surface area contributed by atoms with Gasteiger partial charge in [0.15, 0.2) is 0 Å². The van der Waals surface area contributed by atoms with E-state index in [1.54, 1.807) is 0 Å². The Hall–Kier alpha value is -2.29. The summed E-state index contributed by atoms with van der Waals surface area (Å²) in [6.45, 7) is 7.54. The van der Waals surface area contributed by atoms with E-state index < -0.39 is 0 Å². The molecule has 0 saturated heterocycles. The minimum atomic E-state index is 0.0707. The molecule has 0 aliphatic carbocycles. The molecule has 3 rings (SSSR count). The van der Waals surface area contributed by atoms with Crippen LogP contribution in [0.4, 0.5) is 0 Å². The third-order valence-electron chi connectivity index (χ3n) is 4.20. The quantitative estimate of drug-likeness (QED) is 0.721. The van der Waals surface area contributed by atoms with Crippen molar-refractivity contribution < 1.29 is 0 Å². The zero-order valence-electron chi connectivity index (χ0n) is 12.8. The molecule has 3 nitrogen and oxygen atoms in total. The molecule has 21 heavy (non-hydrogen) atoms. The molecule has 0 atom stereocenters. The fraction of sp³-hybridized carbons (Fsp3) is 0.278. The van der Waals surface area contributed by atoms with Crippen molar-refractivity contribution in [3.05, 3.63) is 69.6 Å². The Labute approximate surface area is 124 Å². The van der Waals surface area contributed by atoms with E-state index in [1.165, 1.54) is 16.7 Å². The molecule has 0 aliphatic rings. The predicted molar refractivity (Wildman–Crippen MR) is 86.9 cm³/mol. The van der Waals surface area contributed by atoms with E-state index in [-0.39, 0.29) is 5.69 Å². The van der Waals surface area contributed by atoms with E-state index in [1.807, 2.05) is 40.3 Å².